The highest BCUT2D eigenvalue weighted by Gasteiger charge is 2.18. The Morgan fingerprint density at radius 3 is 2.48 bits per heavy atom. The maximum Gasteiger partial charge on any atom is 0.251 e. The second kappa shape index (κ2) is 9.97. The predicted molar refractivity (Wildman–Crippen MR) is 113 cm³/mol. The molecule has 1 atom stereocenters. The van der Waals surface area contributed by atoms with Crippen LogP contribution < -0.4 is 14.8 Å². The lowest BCUT2D eigenvalue weighted by atomic mass is 10.2. The summed E-state index contributed by atoms with van der Waals surface area (Å²) < 4.78 is 12.8. The predicted octanol–water partition coefficient (Wildman–Crippen LogP) is 3.49. The Kier molecular flexibility index (Phi) is 7.13. The fourth-order valence-electron chi connectivity index (χ4n) is 2.73. The van der Waals surface area contributed by atoms with Gasteiger partial charge in [0.05, 0.1) is 19.8 Å². The van der Waals surface area contributed by atoms with Gasteiger partial charge in [0, 0.05) is 18.4 Å². The Hall–Kier alpha value is -3.00. The maximum atomic E-state index is 12.3. The highest BCUT2D eigenvalue weighted by Crippen LogP contribution is 2.21. The standard InChI is InChI=1S/C21H24N4O3S/c1-15(22-20(26)16-7-5-4-6-8-16)19-23-24-21(25(19)2)29-14-13-28-18-11-9-17(27-3)10-12-18/h4-12,15H,13-14H2,1-3H3,(H,22,26). The summed E-state index contributed by atoms with van der Waals surface area (Å²) in [6.45, 7) is 2.44. The number of hydrogen-bond donors (Lipinski definition) is 1. The first-order chi connectivity index (χ1) is 14.1. The number of nitrogens with zero attached hydrogens (tertiary/aromatic N) is 3. The van der Waals surface area contributed by atoms with Crippen molar-refractivity contribution in [3.8, 4) is 11.5 Å². The van der Waals surface area contributed by atoms with E-state index in [1.807, 2.05) is 61.0 Å². The van der Waals surface area contributed by atoms with Gasteiger partial charge < -0.3 is 19.4 Å². The van der Waals surface area contributed by atoms with E-state index in [2.05, 4.69) is 15.5 Å². The molecule has 2 aromatic carbocycles. The average Bonchev–Trinajstić information content (AvgIpc) is 3.12. The van der Waals surface area contributed by atoms with Gasteiger partial charge in [-0.15, -0.1) is 10.2 Å². The molecule has 7 nitrogen and oxygen atoms in total. The molecule has 0 saturated carbocycles. The molecule has 1 N–H and O–H groups in total. The minimum atomic E-state index is -0.259. The summed E-state index contributed by atoms with van der Waals surface area (Å²) in [5, 5.41) is 12.2. The van der Waals surface area contributed by atoms with E-state index < -0.39 is 0 Å². The molecule has 1 amide bonds. The third kappa shape index (κ3) is 5.51. The van der Waals surface area contributed by atoms with Crippen LogP contribution in [0.5, 0.6) is 11.5 Å². The molecule has 0 saturated heterocycles. The van der Waals surface area contributed by atoms with Crippen LogP contribution in [0.3, 0.4) is 0 Å². The van der Waals surface area contributed by atoms with Gasteiger partial charge in [0.25, 0.3) is 5.91 Å². The third-order valence-electron chi connectivity index (χ3n) is 4.28. The van der Waals surface area contributed by atoms with E-state index in [0.717, 1.165) is 22.4 Å². The monoisotopic (exact) mass is 412 g/mol. The summed E-state index contributed by atoms with van der Waals surface area (Å²) in [5.41, 5.74) is 0.617. The Bertz CT molecular complexity index is 929. The first kappa shape index (κ1) is 20.7. The molecule has 29 heavy (non-hydrogen) atoms. The van der Waals surface area contributed by atoms with Gasteiger partial charge in [0.2, 0.25) is 0 Å². The van der Waals surface area contributed by atoms with Crippen molar-refractivity contribution >= 4 is 17.7 Å². The van der Waals surface area contributed by atoms with Crippen molar-refractivity contribution in [3.05, 3.63) is 66.0 Å². The summed E-state index contributed by atoms with van der Waals surface area (Å²) in [6.07, 6.45) is 0. The van der Waals surface area contributed by atoms with Crippen molar-refractivity contribution in [1.29, 1.82) is 0 Å². The largest absolute Gasteiger partial charge is 0.497 e. The topological polar surface area (TPSA) is 78.3 Å². The van der Waals surface area contributed by atoms with Crippen LogP contribution >= 0.6 is 11.8 Å². The summed E-state index contributed by atoms with van der Waals surface area (Å²) >= 11 is 1.55. The molecule has 3 aromatic rings. The normalized spacial score (nSPS) is 11.7. The number of ether oxygens (including phenoxy) is 2. The van der Waals surface area contributed by atoms with E-state index in [0.29, 0.717) is 18.0 Å². The maximum absolute atomic E-state index is 12.3. The van der Waals surface area contributed by atoms with Crippen LogP contribution in [0.1, 0.15) is 29.1 Å². The van der Waals surface area contributed by atoms with Crippen molar-refractivity contribution in [3.63, 3.8) is 0 Å². The molecule has 0 spiro atoms. The minimum Gasteiger partial charge on any atom is -0.497 e. The van der Waals surface area contributed by atoms with Crippen molar-refractivity contribution in [2.75, 3.05) is 19.5 Å². The van der Waals surface area contributed by atoms with Crippen LogP contribution in [-0.4, -0.2) is 40.1 Å². The number of benzene rings is 2. The zero-order valence-corrected chi connectivity index (χ0v) is 17.5. The number of thioether (sulfide) groups is 1. The number of methoxy groups -OCH3 is 1. The van der Waals surface area contributed by atoms with Gasteiger partial charge in [-0.05, 0) is 43.3 Å². The van der Waals surface area contributed by atoms with Crippen LogP contribution in [0, 0.1) is 0 Å². The highest BCUT2D eigenvalue weighted by atomic mass is 32.2. The lowest BCUT2D eigenvalue weighted by Gasteiger charge is -2.13. The van der Waals surface area contributed by atoms with Crippen LogP contribution in [-0.2, 0) is 7.05 Å². The number of nitrogens with one attached hydrogen (secondary N) is 1. The number of hydrogen-bond acceptors (Lipinski definition) is 6. The summed E-state index contributed by atoms with van der Waals surface area (Å²) in [7, 11) is 3.53. The number of aromatic nitrogens is 3. The molecule has 1 heterocycles. The number of amides is 1. The van der Waals surface area contributed by atoms with E-state index >= 15 is 0 Å². The summed E-state index contributed by atoms with van der Waals surface area (Å²) in [4.78, 5) is 12.3. The van der Waals surface area contributed by atoms with Gasteiger partial charge in [-0.3, -0.25) is 4.79 Å². The van der Waals surface area contributed by atoms with E-state index in [1.54, 1.807) is 31.0 Å². The molecule has 8 heteroatoms. The Labute approximate surface area is 174 Å². The zero-order valence-electron chi connectivity index (χ0n) is 16.7. The highest BCUT2D eigenvalue weighted by molar-refractivity contribution is 7.99. The fraction of sp³-hybridized carbons (Fsp3) is 0.286. The Morgan fingerprint density at radius 2 is 1.79 bits per heavy atom. The first-order valence-electron chi connectivity index (χ1n) is 9.23. The Morgan fingerprint density at radius 1 is 1.10 bits per heavy atom. The Balaban J connectivity index is 1.50. The van der Waals surface area contributed by atoms with Gasteiger partial charge in [-0.2, -0.15) is 0 Å². The lowest BCUT2D eigenvalue weighted by Crippen LogP contribution is -2.28. The van der Waals surface area contributed by atoms with Gasteiger partial charge in [0.1, 0.15) is 11.5 Å². The van der Waals surface area contributed by atoms with Crippen LogP contribution in [0.25, 0.3) is 0 Å². The minimum absolute atomic E-state index is 0.136. The molecule has 1 unspecified atom stereocenters. The van der Waals surface area contributed by atoms with Crippen molar-refractivity contribution < 1.29 is 14.3 Å². The molecule has 0 aliphatic carbocycles. The van der Waals surface area contributed by atoms with Crippen molar-refractivity contribution in [2.45, 2.75) is 18.1 Å². The number of rotatable bonds is 9. The fourth-order valence-corrected chi connectivity index (χ4v) is 3.46. The molecule has 0 radical (unpaired) electrons. The SMILES string of the molecule is COc1ccc(OCCSc2nnc(C(C)NC(=O)c3ccccc3)n2C)cc1. The van der Waals surface area contributed by atoms with Crippen molar-refractivity contribution in [2.24, 2.45) is 7.05 Å². The zero-order chi connectivity index (χ0) is 20.6. The molecule has 0 bridgehead atoms. The van der Waals surface area contributed by atoms with E-state index in [1.165, 1.54) is 0 Å². The molecular weight excluding hydrogens is 388 g/mol. The van der Waals surface area contributed by atoms with Crippen LogP contribution in [0.15, 0.2) is 59.8 Å². The smallest absolute Gasteiger partial charge is 0.251 e. The van der Waals surface area contributed by atoms with E-state index in [9.17, 15) is 4.79 Å². The molecule has 0 aliphatic heterocycles. The lowest BCUT2D eigenvalue weighted by molar-refractivity contribution is 0.0937. The molecular formula is C21H24N4O3S. The van der Waals surface area contributed by atoms with Crippen LogP contribution in [0.4, 0.5) is 0 Å². The first-order valence-corrected chi connectivity index (χ1v) is 10.2. The summed E-state index contributed by atoms with van der Waals surface area (Å²) in [5.74, 6) is 2.88. The second-order valence-electron chi connectivity index (χ2n) is 6.33. The van der Waals surface area contributed by atoms with Gasteiger partial charge in [-0.1, -0.05) is 30.0 Å². The second-order valence-corrected chi connectivity index (χ2v) is 7.40. The van der Waals surface area contributed by atoms with Gasteiger partial charge in [0.15, 0.2) is 11.0 Å². The van der Waals surface area contributed by atoms with Gasteiger partial charge in [-0.25, -0.2) is 0 Å². The van der Waals surface area contributed by atoms with E-state index in [4.69, 9.17) is 9.47 Å². The van der Waals surface area contributed by atoms with Gasteiger partial charge >= 0.3 is 0 Å². The third-order valence-corrected chi connectivity index (χ3v) is 5.27. The van der Waals surface area contributed by atoms with Crippen LogP contribution in [0.2, 0.25) is 0 Å². The average molecular weight is 413 g/mol. The number of carbonyl (C=O) groups excluding carboxylic acids is 1. The number of carbonyl (C=O) groups is 1. The van der Waals surface area contributed by atoms with Crippen molar-refractivity contribution in [1.82, 2.24) is 20.1 Å². The quantitative estimate of drug-likeness (QED) is 0.428. The molecule has 3 rings (SSSR count). The van der Waals surface area contributed by atoms with E-state index in [-0.39, 0.29) is 11.9 Å². The molecule has 0 aliphatic rings. The molecule has 152 valence electrons. The summed E-state index contributed by atoms with van der Waals surface area (Å²) in [6, 6.07) is 16.3. The molecule has 0 fully saturated rings. The molecule has 1 aromatic heterocycles.